The Labute approximate surface area is 179 Å². The first kappa shape index (κ1) is 21.1. The molecule has 29 heavy (non-hydrogen) atoms. The molecule has 4 nitrogen and oxygen atoms in total. The summed E-state index contributed by atoms with van der Waals surface area (Å²) >= 11 is 1.74. The zero-order valence-electron chi connectivity index (χ0n) is 17.9. The summed E-state index contributed by atoms with van der Waals surface area (Å²) in [4.78, 5) is 15.7. The zero-order chi connectivity index (χ0) is 20.6. The maximum atomic E-state index is 14.4. The van der Waals surface area contributed by atoms with Gasteiger partial charge >= 0.3 is 0 Å². The summed E-state index contributed by atoms with van der Waals surface area (Å²) in [5.41, 5.74) is 2.21. The van der Waals surface area contributed by atoms with Gasteiger partial charge in [-0.2, -0.15) is 0 Å². The highest BCUT2D eigenvalue weighted by Gasteiger charge is 2.61. The van der Waals surface area contributed by atoms with Crippen LogP contribution in [0.2, 0.25) is 0 Å². The molecule has 4 rings (SSSR count). The van der Waals surface area contributed by atoms with Crippen LogP contribution in [0.5, 0.6) is 0 Å². The van der Waals surface area contributed by atoms with Gasteiger partial charge in [-0.1, -0.05) is 43.2 Å². The second kappa shape index (κ2) is 8.56. The molecule has 2 fully saturated rings. The molecule has 1 aliphatic heterocycles. The van der Waals surface area contributed by atoms with E-state index < -0.39 is 7.94 Å². The molecular weight excluding hydrogens is 397 g/mol. The van der Waals surface area contributed by atoms with E-state index in [0.29, 0.717) is 12.1 Å². The topological polar surface area (TPSA) is 41.9 Å². The molecule has 0 bridgehead atoms. The number of fused-ring (bicyclic) bond motifs is 1. The lowest BCUT2D eigenvalue weighted by molar-refractivity contribution is -0.193. The molecule has 0 spiro atoms. The summed E-state index contributed by atoms with van der Waals surface area (Å²) < 4.78 is 9.32. The fraction of sp³-hybridized carbons (Fsp3) is 0.522. The minimum absolute atomic E-state index is 0.216. The van der Waals surface area contributed by atoms with E-state index in [1.54, 1.807) is 11.3 Å². The van der Waals surface area contributed by atoms with Crippen molar-refractivity contribution in [3.05, 3.63) is 47.3 Å². The van der Waals surface area contributed by atoms with Crippen molar-refractivity contribution in [2.75, 3.05) is 0 Å². The van der Waals surface area contributed by atoms with Gasteiger partial charge in [-0.3, -0.25) is 0 Å². The Morgan fingerprint density at radius 2 is 1.59 bits per heavy atom. The van der Waals surface area contributed by atoms with E-state index in [-0.39, 0.29) is 12.1 Å². The Morgan fingerprint density at radius 1 is 1.00 bits per heavy atom. The minimum Gasteiger partial charge on any atom is -0.630 e. The Morgan fingerprint density at radius 3 is 2.07 bits per heavy atom. The van der Waals surface area contributed by atoms with Crippen LogP contribution in [0.25, 0.3) is 10.4 Å². The number of thiophene rings is 1. The summed E-state index contributed by atoms with van der Waals surface area (Å²) in [5, 5.41) is 2.09. The van der Waals surface area contributed by atoms with Crippen LogP contribution in [-0.2, 0) is 0 Å². The standard InChI is InChI=1S/C23H32N3OPS/c1-17(2)25-21-8-5-6-9-22(21)26(18(3)4)28(25,27)24-16-19-11-13-20(14-12-19)23-10-7-15-29-23/h7,10-18,21-22H,5-6,8-9H2,1-4H3/b24-16+/t21-,22-/m0/s1. The average Bonchev–Trinajstić information content (AvgIpc) is 3.31. The van der Waals surface area contributed by atoms with E-state index in [1.165, 1.54) is 23.3 Å². The maximum Gasteiger partial charge on any atom is 0.238 e. The van der Waals surface area contributed by atoms with Gasteiger partial charge < -0.3 is 4.89 Å². The van der Waals surface area contributed by atoms with Gasteiger partial charge in [-0.05, 0) is 63.1 Å². The molecule has 0 amide bonds. The van der Waals surface area contributed by atoms with Gasteiger partial charge in [-0.15, -0.1) is 25.4 Å². The second-order valence-electron chi connectivity index (χ2n) is 8.72. The molecule has 1 saturated carbocycles. The van der Waals surface area contributed by atoms with Crippen LogP contribution in [0.1, 0.15) is 58.9 Å². The normalized spacial score (nSPS) is 25.3. The molecule has 156 valence electrons. The van der Waals surface area contributed by atoms with Crippen molar-refractivity contribution in [1.29, 1.82) is 0 Å². The molecule has 2 atom stereocenters. The predicted molar refractivity (Wildman–Crippen MR) is 124 cm³/mol. The van der Waals surface area contributed by atoms with Crippen LogP contribution in [0.4, 0.5) is 0 Å². The highest BCUT2D eigenvalue weighted by Crippen LogP contribution is 2.69. The van der Waals surface area contributed by atoms with E-state index in [9.17, 15) is 4.89 Å². The SMILES string of the molecule is CC(C)N1[C@H]2CCCC[C@@H]2N(C(C)C)[P+]1([O-])/N=C/c1ccc(-c2cccs2)cc1. The quantitative estimate of drug-likeness (QED) is 0.458. The van der Waals surface area contributed by atoms with Gasteiger partial charge in [0.2, 0.25) is 7.94 Å². The number of benzene rings is 1. The van der Waals surface area contributed by atoms with E-state index >= 15 is 0 Å². The molecule has 0 N–H and O–H groups in total. The van der Waals surface area contributed by atoms with E-state index in [4.69, 9.17) is 4.76 Å². The van der Waals surface area contributed by atoms with Gasteiger partial charge in [0, 0.05) is 17.0 Å². The van der Waals surface area contributed by atoms with Crippen molar-refractivity contribution in [3.63, 3.8) is 0 Å². The average molecular weight is 430 g/mol. The van der Waals surface area contributed by atoms with Crippen LogP contribution in [0.15, 0.2) is 46.5 Å². The molecule has 2 aromatic rings. The van der Waals surface area contributed by atoms with Crippen molar-refractivity contribution in [3.8, 4) is 10.4 Å². The molecule has 6 heteroatoms. The number of nitrogens with zero attached hydrogens (tertiary/aromatic N) is 3. The highest BCUT2D eigenvalue weighted by molar-refractivity contribution is 7.63. The number of rotatable bonds is 5. The zero-order valence-corrected chi connectivity index (χ0v) is 19.6. The molecule has 1 aliphatic carbocycles. The van der Waals surface area contributed by atoms with Gasteiger partial charge in [0.1, 0.15) is 0 Å². The highest BCUT2D eigenvalue weighted by atomic mass is 32.1. The van der Waals surface area contributed by atoms with Crippen molar-refractivity contribution >= 4 is 25.5 Å². The Balaban J connectivity index is 1.64. The third-order valence-electron chi connectivity index (χ3n) is 6.11. The molecule has 1 aromatic carbocycles. The fourth-order valence-electron chi connectivity index (χ4n) is 5.02. The van der Waals surface area contributed by atoms with Gasteiger partial charge in [0.15, 0.2) is 0 Å². The third kappa shape index (κ3) is 3.96. The number of hydrogen-bond donors (Lipinski definition) is 0. The summed E-state index contributed by atoms with van der Waals surface area (Å²) in [7, 11) is -3.00. The molecular formula is C23H32N3OPS. The van der Waals surface area contributed by atoms with Crippen LogP contribution in [-0.4, -0.2) is 39.7 Å². The lowest BCUT2D eigenvalue weighted by Crippen LogP contribution is -2.43. The Bertz CT molecular complexity index is 810. The molecule has 1 aromatic heterocycles. The molecule has 1 saturated heterocycles. The lowest BCUT2D eigenvalue weighted by Gasteiger charge is -2.39. The summed E-state index contributed by atoms with van der Waals surface area (Å²) in [6.07, 6.45) is 6.54. The predicted octanol–water partition coefficient (Wildman–Crippen LogP) is 5.62. The first-order valence-electron chi connectivity index (χ1n) is 10.8. The monoisotopic (exact) mass is 429 g/mol. The van der Waals surface area contributed by atoms with Crippen LogP contribution >= 0.6 is 19.3 Å². The second-order valence-corrected chi connectivity index (χ2v) is 11.9. The smallest absolute Gasteiger partial charge is 0.238 e. The van der Waals surface area contributed by atoms with Crippen LogP contribution in [0.3, 0.4) is 0 Å². The Hall–Kier alpha value is -1.10. The van der Waals surface area contributed by atoms with E-state index in [1.807, 2.05) is 6.21 Å². The molecule has 2 aliphatic rings. The summed E-state index contributed by atoms with van der Waals surface area (Å²) in [6, 6.07) is 13.7. The minimum atomic E-state index is -3.00. The van der Waals surface area contributed by atoms with Crippen molar-refractivity contribution < 1.29 is 4.89 Å². The summed E-state index contributed by atoms with van der Waals surface area (Å²) in [6.45, 7) is 8.64. The first-order valence-corrected chi connectivity index (χ1v) is 13.2. The van der Waals surface area contributed by atoms with Crippen molar-refractivity contribution in [2.24, 2.45) is 4.76 Å². The summed E-state index contributed by atoms with van der Waals surface area (Å²) in [5.74, 6) is 0. The largest absolute Gasteiger partial charge is 0.630 e. The van der Waals surface area contributed by atoms with Gasteiger partial charge in [0.05, 0.1) is 18.3 Å². The van der Waals surface area contributed by atoms with Crippen molar-refractivity contribution in [2.45, 2.75) is 77.5 Å². The third-order valence-corrected chi connectivity index (χ3v) is 10.2. The maximum absolute atomic E-state index is 14.4. The Kier molecular flexibility index (Phi) is 6.24. The van der Waals surface area contributed by atoms with Gasteiger partial charge in [-0.25, -0.2) is 0 Å². The molecule has 0 unspecified atom stereocenters. The van der Waals surface area contributed by atoms with E-state index in [2.05, 4.69) is 78.8 Å². The van der Waals surface area contributed by atoms with Crippen molar-refractivity contribution in [1.82, 2.24) is 9.34 Å². The molecule has 2 heterocycles. The first-order chi connectivity index (χ1) is 13.9. The molecule has 0 radical (unpaired) electrons. The lowest BCUT2D eigenvalue weighted by atomic mass is 9.89. The number of hydrogen-bond acceptors (Lipinski definition) is 5. The van der Waals surface area contributed by atoms with Gasteiger partial charge in [0.25, 0.3) is 0 Å². The van der Waals surface area contributed by atoms with Crippen LogP contribution in [0, 0.1) is 0 Å². The van der Waals surface area contributed by atoms with Crippen LogP contribution < -0.4 is 4.89 Å². The fourth-order valence-corrected chi connectivity index (χ4v) is 9.03. The van der Waals surface area contributed by atoms with E-state index in [0.717, 1.165) is 18.4 Å².